The van der Waals surface area contributed by atoms with Crippen molar-refractivity contribution in [1.29, 1.82) is 0 Å². The molecule has 1 saturated carbocycles. The quantitative estimate of drug-likeness (QED) is 0.661. The second kappa shape index (κ2) is 6.54. The Bertz CT molecular complexity index is 471. The SMILES string of the molecule is COc1ccc([N+](=O)[O-])c(NCC2CCC(C)CC2)n1. The average molecular weight is 279 g/mol. The molecular weight excluding hydrogens is 258 g/mol. The highest BCUT2D eigenvalue weighted by Gasteiger charge is 2.21. The molecule has 20 heavy (non-hydrogen) atoms. The largest absolute Gasteiger partial charge is 0.481 e. The van der Waals surface area contributed by atoms with Crippen LogP contribution in [0.5, 0.6) is 5.88 Å². The van der Waals surface area contributed by atoms with Crippen LogP contribution < -0.4 is 10.1 Å². The molecule has 0 amide bonds. The standard InChI is InChI=1S/C14H21N3O3/c1-10-3-5-11(6-4-10)9-15-14-12(17(18)19)7-8-13(16-14)20-2/h7-8,10-11H,3-6,9H2,1-2H3,(H,15,16). The molecule has 0 spiro atoms. The zero-order valence-electron chi connectivity index (χ0n) is 12.0. The Morgan fingerprint density at radius 3 is 2.70 bits per heavy atom. The van der Waals surface area contributed by atoms with Crippen molar-refractivity contribution in [3.8, 4) is 5.88 Å². The first-order chi connectivity index (χ1) is 9.60. The summed E-state index contributed by atoms with van der Waals surface area (Å²) in [5.41, 5.74) is -0.00465. The van der Waals surface area contributed by atoms with Crippen LogP contribution in [0, 0.1) is 22.0 Å². The van der Waals surface area contributed by atoms with Gasteiger partial charge >= 0.3 is 5.69 Å². The van der Waals surface area contributed by atoms with E-state index in [2.05, 4.69) is 17.2 Å². The first kappa shape index (κ1) is 14.6. The highest BCUT2D eigenvalue weighted by molar-refractivity contribution is 5.57. The molecular formula is C14H21N3O3. The number of rotatable bonds is 5. The van der Waals surface area contributed by atoms with E-state index in [1.807, 2.05) is 0 Å². The molecule has 0 bridgehead atoms. The Kier molecular flexibility index (Phi) is 4.76. The van der Waals surface area contributed by atoms with Gasteiger partial charge in [-0.2, -0.15) is 4.98 Å². The minimum atomic E-state index is -0.419. The third-order valence-corrected chi connectivity index (χ3v) is 3.95. The molecule has 0 aliphatic heterocycles. The Morgan fingerprint density at radius 2 is 2.10 bits per heavy atom. The van der Waals surface area contributed by atoms with E-state index >= 15 is 0 Å². The van der Waals surface area contributed by atoms with Gasteiger partial charge in [0, 0.05) is 18.7 Å². The number of nitro groups is 1. The van der Waals surface area contributed by atoms with Gasteiger partial charge in [-0.05, 0) is 24.7 Å². The lowest BCUT2D eigenvalue weighted by atomic mass is 9.83. The Hall–Kier alpha value is -1.85. The minimum absolute atomic E-state index is 0.00465. The third-order valence-electron chi connectivity index (χ3n) is 3.95. The topological polar surface area (TPSA) is 77.3 Å². The van der Waals surface area contributed by atoms with Gasteiger partial charge < -0.3 is 10.1 Å². The van der Waals surface area contributed by atoms with Crippen molar-refractivity contribution in [2.45, 2.75) is 32.6 Å². The van der Waals surface area contributed by atoms with E-state index in [1.54, 1.807) is 0 Å². The zero-order chi connectivity index (χ0) is 14.5. The van der Waals surface area contributed by atoms with Crippen LogP contribution >= 0.6 is 0 Å². The van der Waals surface area contributed by atoms with Gasteiger partial charge in [0.15, 0.2) is 0 Å². The normalized spacial score (nSPS) is 22.3. The first-order valence-corrected chi connectivity index (χ1v) is 7.03. The van der Waals surface area contributed by atoms with Crippen LogP contribution in [0.25, 0.3) is 0 Å². The fourth-order valence-electron chi connectivity index (χ4n) is 2.60. The summed E-state index contributed by atoms with van der Waals surface area (Å²) in [6.07, 6.45) is 4.82. The molecule has 1 aromatic rings. The molecule has 6 heteroatoms. The Morgan fingerprint density at radius 1 is 1.40 bits per heavy atom. The minimum Gasteiger partial charge on any atom is -0.481 e. The molecule has 0 unspecified atom stereocenters. The summed E-state index contributed by atoms with van der Waals surface area (Å²) in [6, 6.07) is 2.93. The number of nitrogens with zero attached hydrogens (tertiary/aromatic N) is 2. The number of ether oxygens (including phenoxy) is 1. The van der Waals surface area contributed by atoms with Gasteiger partial charge in [-0.1, -0.05) is 19.8 Å². The van der Waals surface area contributed by atoms with Gasteiger partial charge in [-0.15, -0.1) is 0 Å². The van der Waals surface area contributed by atoms with E-state index in [-0.39, 0.29) is 5.69 Å². The first-order valence-electron chi connectivity index (χ1n) is 7.03. The molecule has 110 valence electrons. The molecule has 1 fully saturated rings. The molecule has 2 rings (SSSR count). The van der Waals surface area contributed by atoms with E-state index in [9.17, 15) is 10.1 Å². The van der Waals surface area contributed by atoms with Gasteiger partial charge in [-0.25, -0.2) is 0 Å². The predicted octanol–water partition coefficient (Wildman–Crippen LogP) is 3.24. The molecule has 6 nitrogen and oxygen atoms in total. The van der Waals surface area contributed by atoms with Crippen molar-refractivity contribution < 1.29 is 9.66 Å². The summed E-state index contributed by atoms with van der Waals surface area (Å²) in [5.74, 6) is 2.05. The van der Waals surface area contributed by atoms with Crippen LogP contribution in [0.2, 0.25) is 0 Å². The van der Waals surface area contributed by atoms with Gasteiger partial charge in [0.05, 0.1) is 12.0 Å². The van der Waals surface area contributed by atoms with Crippen LogP contribution in [0.4, 0.5) is 11.5 Å². The highest BCUT2D eigenvalue weighted by atomic mass is 16.6. The Balaban J connectivity index is 2.02. The summed E-state index contributed by atoms with van der Waals surface area (Å²) >= 11 is 0. The molecule has 1 aliphatic carbocycles. The van der Waals surface area contributed by atoms with Crippen molar-refractivity contribution in [3.05, 3.63) is 22.2 Å². The van der Waals surface area contributed by atoms with Crippen LogP contribution in [-0.4, -0.2) is 23.6 Å². The van der Waals surface area contributed by atoms with Crippen molar-refractivity contribution in [2.75, 3.05) is 19.0 Å². The van der Waals surface area contributed by atoms with Crippen LogP contribution in [0.1, 0.15) is 32.6 Å². The van der Waals surface area contributed by atoms with Crippen molar-refractivity contribution in [1.82, 2.24) is 4.98 Å². The van der Waals surface area contributed by atoms with Gasteiger partial charge in [-0.3, -0.25) is 10.1 Å². The molecule has 1 N–H and O–H groups in total. The number of hydrogen-bond donors (Lipinski definition) is 1. The molecule has 1 aliphatic rings. The molecule has 1 aromatic heterocycles. The van der Waals surface area contributed by atoms with E-state index in [1.165, 1.54) is 44.9 Å². The molecule has 1 heterocycles. The summed E-state index contributed by atoms with van der Waals surface area (Å²) in [4.78, 5) is 14.7. The van der Waals surface area contributed by atoms with Gasteiger partial charge in [0.2, 0.25) is 11.7 Å². The second-order valence-corrected chi connectivity index (χ2v) is 5.49. The fourth-order valence-corrected chi connectivity index (χ4v) is 2.60. The summed E-state index contributed by atoms with van der Waals surface area (Å²) in [5, 5.41) is 14.1. The van der Waals surface area contributed by atoms with E-state index in [0.717, 1.165) is 12.5 Å². The number of anilines is 1. The Labute approximate surface area is 118 Å². The maximum absolute atomic E-state index is 11.0. The van der Waals surface area contributed by atoms with E-state index in [4.69, 9.17) is 4.74 Å². The lowest BCUT2D eigenvalue weighted by molar-refractivity contribution is -0.384. The molecule has 0 atom stereocenters. The molecule has 0 saturated heterocycles. The lowest BCUT2D eigenvalue weighted by Crippen LogP contribution is -2.21. The monoisotopic (exact) mass is 279 g/mol. The van der Waals surface area contributed by atoms with Crippen LogP contribution in [-0.2, 0) is 0 Å². The van der Waals surface area contributed by atoms with Crippen molar-refractivity contribution in [3.63, 3.8) is 0 Å². The molecule has 0 aromatic carbocycles. The van der Waals surface area contributed by atoms with E-state index in [0.29, 0.717) is 17.6 Å². The predicted molar refractivity (Wildman–Crippen MR) is 77.1 cm³/mol. The van der Waals surface area contributed by atoms with Crippen molar-refractivity contribution >= 4 is 11.5 Å². The van der Waals surface area contributed by atoms with Crippen molar-refractivity contribution in [2.24, 2.45) is 11.8 Å². The van der Waals surface area contributed by atoms with Gasteiger partial charge in [0.1, 0.15) is 0 Å². The maximum atomic E-state index is 11.0. The lowest BCUT2D eigenvalue weighted by Gasteiger charge is -2.26. The van der Waals surface area contributed by atoms with Crippen LogP contribution in [0.15, 0.2) is 12.1 Å². The third kappa shape index (κ3) is 3.59. The summed E-state index contributed by atoms with van der Waals surface area (Å²) in [6.45, 7) is 3.01. The fraction of sp³-hybridized carbons (Fsp3) is 0.643. The van der Waals surface area contributed by atoms with Crippen LogP contribution in [0.3, 0.4) is 0 Å². The number of aromatic nitrogens is 1. The number of methoxy groups -OCH3 is 1. The second-order valence-electron chi connectivity index (χ2n) is 5.49. The number of nitrogens with one attached hydrogen (secondary N) is 1. The highest BCUT2D eigenvalue weighted by Crippen LogP contribution is 2.30. The number of pyridine rings is 1. The smallest absolute Gasteiger partial charge is 0.311 e. The maximum Gasteiger partial charge on any atom is 0.311 e. The summed E-state index contributed by atoms with van der Waals surface area (Å²) in [7, 11) is 1.50. The van der Waals surface area contributed by atoms with E-state index < -0.39 is 4.92 Å². The summed E-state index contributed by atoms with van der Waals surface area (Å²) < 4.78 is 5.02. The van der Waals surface area contributed by atoms with Gasteiger partial charge in [0.25, 0.3) is 0 Å². The zero-order valence-corrected chi connectivity index (χ0v) is 12.0. The number of hydrogen-bond acceptors (Lipinski definition) is 5. The molecule has 0 radical (unpaired) electrons. The average Bonchev–Trinajstić information content (AvgIpc) is 2.46.